The molecule has 3 rings (SSSR count). The first-order valence-corrected chi connectivity index (χ1v) is 7.77. The Labute approximate surface area is 121 Å². The molecule has 4 unspecified atom stereocenters. The molecule has 2 aliphatic carbocycles. The first-order chi connectivity index (χ1) is 9.67. The Morgan fingerprint density at radius 1 is 1.35 bits per heavy atom. The Bertz CT molecular complexity index is 474. The molecule has 0 heterocycles. The van der Waals surface area contributed by atoms with E-state index < -0.39 is 0 Å². The summed E-state index contributed by atoms with van der Waals surface area (Å²) in [5, 5.41) is 13.3. The van der Waals surface area contributed by atoms with Crippen molar-refractivity contribution < 1.29 is 9.84 Å². The second-order valence-electron chi connectivity index (χ2n) is 6.50. The molecule has 0 aromatic heterocycles. The number of ether oxygens (including phenoxy) is 1. The Hall–Kier alpha value is -1.22. The number of phenols is 1. The normalized spacial score (nSPS) is 29.6. The highest BCUT2D eigenvalue weighted by molar-refractivity contribution is 5.42. The Morgan fingerprint density at radius 2 is 2.20 bits per heavy atom. The van der Waals surface area contributed by atoms with Gasteiger partial charge in [-0.25, -0.2) is 0 Å². The second kappa shape index (κ2) is 5.65. The van der Waals surface area contributed by atoms with Gasteiger partial charge in [0.2, 0.25) is 0 Å². The average Bonchev–Trinajstić information content (AvgIpc) is 3.07. The Kier molecular flexibility index (Phi) is 3.88. The fourth-order valence-electron chi connectivity index (χ4n) is 4.04. The first kappa shape index (κ1) is 13.7. The molecule has 0 amide bonds. The summed E-state index contributed by atoms with van der Waals surface area (Å²) in [7, 11) is 1.59. The largest absolute Gasteiger partial charge is 0.504 e. The molecule has 3 heteroatoms. The molecule has 1 aromatic carbocycles. The van der Waals surface area contributed by atoms with E-state index in [4.69, 9.17) is 4.74 Å². The summed E-state index contributed by atoms with van der Waals surface area (Å²) in [6, 6.07) is 5.90. The van der Waals surface area contributed by atoms with Crippen LogP contribution in [0.25, 0.3) is 0 Å². The van der Waals surface area contributed by atoms with Crippen molar-refractivity contribution in [1.29, 1.82) is 0 Å². The predicted octanol–water partition coefficient (Wildman–Crippen LogP) is 3.49. The highest BCUT2D eigenvalue weighted by Crippen LogP contribution is 2.48. The molecular weight excluding hydrogens is 250 g/mol. The van der Waals surface area contributed by atoms with E-state index >= 15 is 0 Å². The van der Waals surface area contributed by atoms with Crippen molar-refractivity contribution in [3.8, 4) is 11.5 Å². The van der Waals surface area contributed by atoms with Gasteiger partial charge in [-0.15, -0.1) is 0 Å². The maximum Gasteiger partial charge on any atom is 0.160 e. The van der Waals surface area contributed by atoms with Crippen LogP contribution in [0.4, 0.5) is 0 Å². The average molecular weight is 275 g/mol. The van der Waals surface area contributed by atoms with Crippen LogP contribution in [0.15, 0.2) is 18.2 Å². The zero-order valence-corrected chi connectivity index (χ0v) is 12.4. The number of nitrogens with one attached hydrogen (secondary N) is 1. The molecule has 2 aliphatic rings. The lowest BCUT2D eigenvalue weighted by Gasteiger charge is -2.24. The molecule has 1 aromatic rings. The van der Waals surface area contributed by atoms with Crippen molar-refractivity contribution in [2.45, 2.75) is 38.6 Å². The molecule has 4 atom stereocenters. The van der Waals surface area contributed by atoms with Gasteiger partial charge in [-0.2, -0.15) is 0 Å². The molecule has 3 nitrogen and oxygen atoms in total. The van der Waals surface area contributed by atoms with E-state index in [0.717, 1.165) is 24.3 Å². The minimum absolute atomic E-state index is 0.205. The highest BCUT2D eigenvalue weighted by Gasteiger charge is 2.39. The van der Waals surface area contributed by atoms with Gasteiger partial charge < -0.3 is 15.2 Å². The molecular formula is C17H25NO2. The number of methoxy groups -OCH3 is 1. The summed E-state index contributed by atoms with van der Waals surface area (Å²) in [5.41, 5.74) is 1.17. The van der Waals surface area contributed by atoms with E-state index in [0.29, 0.717) is 11.8 Å². The molecule has 110 valence electrons. The van der Waals surface area contributed by atoms with Gasteiger partial charge in [0.25, 0.3) is 0 Å². The van der Waals surface area contributed by atoms with Crippen LogP contribution in [0.1, 0.15) is 44.2 Å². The maximum atomic E-state index is 9.65. The van der Waals surface area contributed by atoms with Gasteiger partial charge >= 0.3 is 0 Å². The molecule has 0 spiro atoms. The summed E-state index contributed by atoms with van der Waals surface area (Å²) in [5.74, 6) is 3.60. The van der Waals surface area contributed by atoms with Crippen LogP contribution >= 0.6 is 0 Å². The second-order valence-corrected chi connectivity index (χ2v) is 6.50. The van der Waals surface area contributed by atoms with Gasteiger partial charge in [0, 0.05) is 6.04 Å². The molecule has 2 saturated carbocycles. The first-order valence-electron chi connectivity index (χ1n) is 7.77. The third kappa shape index (κ3) is 2.64. The lowest BCUT2D eigenvalue weighted by Crippen LogP contribution is -2.28. The van der Waals surface area contributed by atoms with E-state index in [1.54, 1.807) is 13.2 Å². The topological polar surface area (TPSA) is 41.5 Å². The van der Waals surface area contributed by atoms with Crippen LogP contribution in [0.3, 0.4) is 0 Å². The summed E-state index contributed by atoms with van der Waals surface area (Å²) >= 11 is 0. The van der Waals surface area contributed by atoms with Crippen molar-refractivity contribution in [1.82, 2.24) is 5.32 Å². The van der Waals surface area contributed by atoms with Gasteiger partial charge in [0.05, 0.1) is 7.11 Å². The number of phenolic OH excluding ortho intramolecular Hbond substituents is 1. The SMILES string of the molecule is COc1cc(C(C)NCC2CC3CCC2C3)ccc1O. The summed E-state index contributed by atoms with van der Waals surface area (Å²) < 4.78 is 5.18. The lowest BCUT2D eigenvalue weighted by atomic mass is 9.88. The van der Waals surface area contributed by atoms with Crippen molar-refractivity contribution in [2.24, 2.45) is 17.8 Å². The predicted molar refractivity (Wildman–Crippen MR) is 80.0 cm³/mol. The zero-order chi connectivity index (χ0) is 14.1. The van der Waals surface area contributed by atoms with Crippen molar-refractivity contribution in [3.63, 3.8) is 0 Å². The van der Waals surface area contributed by atoms with Gasteiger partial charge in [0.1, 0.15) is 0 Å². The number of hydrogen-bond donors (Lipinski definition) is 2. The Morgan fingerprint density at radius 3 is 2.85 bits per heavy atom. The number of rotatable bonds is 5. The third-order valence-electron chi connectivity index (χ3n) is 5.27. The lowest BCUT2D eigenvalue weighted by molar-refractivity contribution is 0.309. The van der Waals surface area contributed by atoms with Crippen molar-refractivity contribution in [3.05, 3.63) is 23.8 Å². The molecule has 20 heavy (non-hydrogen) atoms. The number of fused-ring (bicyclic) bond motifs is 2. The van der Waals surface area contributed by atoms with E-state index in [9.17, 15) is 5.11 Å². The van der Waals surface area contributed by atoms with Gasteiger partial charge in [-0.1, -0.05) is 12.5 Å². The third-order valence-corrected chi connectivity index (χ3v) is 5.27. The van der Waals surface area contributed by atoms with Gasteiger partial charge in [-0.05, 0) is 68.2 Å². The van der Waals surface area contributed by atoms with Crippen LogP contribution in [-0.4, -0.2) is 18.8 Å². The van der Waals surface area contributed by atoms with Gasteiger partial charge in [-0.3, -0.25) is 0 Å². The minimum Gasteiger partial charge on any atom is -0.504 e. The van der Waals surface area contributed by atoms with Crippen molar-refractivity contribution in [2.75, 3.05) is 13.7 Å². The van der Waals surface area contributed by atoms with E-state index in [-0.39, 0.29) is 5.75 Å². The summed E-state index contributed by atoms with van der Waals surface area (Å²) in [4.78, 5) is 0. The Balaban J connectivity index is 1.57. The van der Waals surface area contributed by atoms with E-state index in [1.165, 1.54) is 31.2 Å². The minimum atomic E-state index is 0.205. The highest BCUT2D eigenvalue weighted by atomic mass is 16.5. The van der Waals surface area contributed by atoms with Crippen LogP contribution in [0, 0.1) is 17.8 Å². The maximum absolute atomic E-state index is 9.65. The zero-order valence-electron chi connectivity index (χ0n) is 12.4. The smallest absolute Gasteiger partial charge is 0.160 e. The van der Waals surface area contributed by atoms with Crippen LogP contribution in [0.5, 0.6) is 11.5 Å². The molecule has 2 bridgehead atoms. The van der Waals surface area contributed by atoms with Crippen LogP contribution in [-0.2, 0) is 0 Å². The number of benzene rings is 1. The van der Waals surface area contributed by atoms with E-state index in [2.05, 4.69) is 12.2 Å². The quantitative estimate of drug-likeness (QED) is 0.864. The number of aromatic hydroxyl groups is 1. The van der Waals surface area contributed by atoms with Gasteiger partial charge in [0.15, 0.2) is 11.5 Å². The fraction of sp³-hybridized carbons (Fsp3) is 0.647. The monoisotopic (exact) mass is 275 g/mol. The molecule has 2 fully saturated rings. The standard InChI is InChI=1S/C17H25NO2/c1-11(13-5-6-16(19)17(9-13)20-2)18-10-15-8-12-3-4-14(15)7-12/h5-6,9,11-12,14-15,18-19H,3-4,7-8,10H2,1-2H3. The molecule has 0 saturated heterocycles. The summed E-state index contributed by atoms with van der Waals surface area (Å²) in [6.45, 7) is 3.30. The molecule has 0 radical (unpaired) electrons. The fourth-order valence-corrected chi connectivity index (χ4v) is 4.04. The van der Waals surface area contributed by atoms with Crippen LogP contribution in [0.2, 0.25) is 0 Å². The van der Waals surface area contributed by atoms with Crippen molar-refractivity contribution >= 4 is 0 Å². The number of hydrogen-bond acceptors (Lipinski definition) is 3. The van der Waals surface area contributed by atoms with E-state index in [1.807, 2.05) is 12.1 Å². The molecule has 2 N–H and O–H groups in total. The molecule has 0 aliphatic heterocycles. The van der Waals surface area contributed by atoms with Crippen LogP contribution < -0.4 is 10.1 Å². The summed E-state index contributed by atoms with van der Waals surface area (Å²) in [6.07, 6.45) is 5.79.